The number of benzene rings is 2. The quantitative estimate of drug-likeness (QED) is 0.412. The van der Waals surface area contributed by atoms with E-state index in [0.29, 0.717) is 24.2 Å². The fourth-order valence-electron chi connectivity index (χ4n) is 3.54. The molecule has 0 bridgehead atoms. The van der Waals surface area contributed by atoms with Gasteiger partial charge in [0.05, 0.1) is 16.8 Å². The zero-order valence-electron chi connectivity index (χ0n) is 15.3. The first-order valence-electron chi connectivity index (χ1n) is 9.14. The first-order chi connectivity index (χ1) is 14.5. The number of H-pyrrole nitrogens is 1. The van der Waals surface area contributed by atoms with E-state index in [1.807, 2.05) is 24.3 Å². The highest BCUT2D eigenvalue weighted by Gasteiger charge is 2.27. The highest BCUT2D eigenvalue weighted by molar-refractivity contribution is 9.10. The number of anilines is 1. The molecule has 10 heteroatoms. The molecule has 7 nitrogen and oxygen atoms in total. The highest BCUT2D eigenvalue weighted by atomic mass is 79.9. The lowest BCUT2D eigenvalue weighted by atomic mass is 10.1. The number of carbonyl (C=O) groups is 1. The Hall–Kier alpha value is -3.27. The number of hydrogen-bond donors (Lipinski definition) is 3. The third-order valence-corrected chi connectivity index (χ3v) is 5.47. The maximum Gasteiger partial charge on any atom is 0.316 e. The molecule has 2 aromatic carbocycles. The highest BCUT2D eigenvalue weighted by Crippen LogP contribution is 2.39. The van der Waals surface area contributed by atoms with Crippen LogP contribution in [0.2, 0.25) is 0 Å². The number of carbonyl (C=O) groups excluding carboxylic acids is 1. The predicted octanol–water partition coefficient (Wildman–Crippen LogP) is 4.23. The Morgan fingerprint density at radius 2 is 1.97 bits per heavy atom. The summed E-state index contributed by atoms with van der Waals surface area (Å²) in [5.41, 5.74) is 1.75. The van der Waals surface area contributed by atoms with E-state index in [2.05, 4.69) is 41.7 Å². The normalized spacial score (nSPS) is 16.2. The molecule has 3 N–H and O–H groups in total. The summed E-state index contributed by atoms with van der Waals surface area (Å²) >= 11 is 3.39. The zero-order chi connectivity index (χ0) is 20.8. The predicted molar refractivity (Wildman–Crippen MR) is 110 cm³/mol. The van der Waals surface area contributed by atoms with E-state index in [4.69, 9.17) is 4.42 Å². The molecule has 1 aliphatic rings. The fourth-order valence-corrected chi connectivity index (χ4v) is 3.80. The van der Waals surface area contributed by atoms with Gasteiger partial charge in [-0.15, -0.1) is 5.10 Å². The average molecular weight is 474 g/mol. The molecule has 0 radical (unpaired) electrons. The van der Waals surface area contributed by atoms with Gasteiger partial charge in [-0.2, -0.15) is 0 Å². The minimum absolute atomic E-state index is 0.0556. The van der Waals surface area contributed by atoms with Crippen LogP contribution in [-0.4, -0.2) is 33.7 Å². The molecule has 1 aliphatic heterocycles. The van der Waals surface area contributed by atoms with Gasteiger partial charge < -0.3 is 20.0 Å². The van der Waals surface area contributed by atoms with Crippen molar-refractivity contribution in [3.8, 4) is 22.7 Å². The molecule has 4 aromatic rings. The van der Waals surface area contributed by atoms with Gasteiger partial charge in [0.2, 0.25) is 5.91 Å². The van der Waals surface area contributed by atoms with Crippen LogP contribution in [0.25, 0.3) is 33.6 Å². The summed E-state index contributed by atoms with van der Waals surface area (Å²) in [6, 6.07) is 8.93. The SMILES string of the molecule is O=C1NCCC1Nc1nnc(-c2c(-c3ccc(Br)cc3)[nH]c3c(F)cc(F)cc23)o1. The van der Waals surface area contributed by atoms with Crippen LogP contribution in [0.4, 0.5) is 14.8 Å². The van der Waals surface area contributed by atoms with Crippen LogP contribution in [0.15, 0.2) is 45.3 Å². The molecule has 1 fully saturated rings. The lowest BCUT2D eigenvalue weighted by molar-refractivity contribution is -0.119. The monoisotopic (exact) mass is 473 g/mol. The Morgan fingerprint density at radius 3 is 2.70 bits per heavy atom. The standard InChI is InChI=1S/C20H14BrF2N5O2/c21-10-3-1-9(2-4-10)16-15(12-7-11(22)8-13(23)17(12)26-16)19-27-28-20(30-19)25-14-5-6-24-18(14)29/h1-4,7-8,14,26H,5-6H2,(H,24,29)(H,25,28). The van der Waals surface area contributed by atoms with Crippen LogP contribution in [0.1, 0.15) is 6.42 Å². The molecule has 1 unspecified atom stereocenters. The molecule has 1 saturated heterocycles. The van der Waals surface area contributed by atoms with Gasteiger partial charge in [0.15, 0.2) is 0 Å². The molecule has 30 heavy (non-hydrogen) atoms. The Balaban J connectivity index is 1.65. The summed E-state index contributed by atoms with van der Waals surface area (Å²) in [5.74, 6) is -1.52. The molecule has 5 rings (SSSR count). The first kappa shape index (κ1) is 18.7. The number of aromatic nitrogens is 3. The van der Waals surface area contributed by atoms with Gasteiger partial charge in [-0.25, -0.2) is 8.78 Å². The van der Waals surface area contributed by atoms with Crippen molar-refractivity contribution in [1.82, 2.24) is 20.5 Å². The van der Waals surface area contributed by atoms with Crippen molar-refractivity contribution in [3.05, 3.63) is 52.5 Å². The van der Waals surface area contributed by atoms with Crippen molar-refractivity contribution < 1.29 is 18.0 Å². The molecule has 0 spiro atoms. The topological polar surface area (TPSA) is 95.8 Å². The van der Waals surface area contributed by atoms with Gasteiger partial charge in [-0.05, 0) is 30.2 Å². The number of hydrogen-bond acceptors (Lipinski definition) is 5. The van der Waals surface area contributed by atoms with Gasteiger partial charge >= 0.3 is 6.01 Å². The molecule has 2 aromatic heterocycles. The largest absolute Gasteiger partial charge is 0.403 e. The van der Waals surface area contributed by atoms with Gasteiger partial charge in [0.25, 0.3) is 5.89 Å². The second-order valence-corrected chi connectivity index (χ2v) is 7.80. The molecule has 0 saturated carbocycles. The fraction of sp³-hybridized carbons (Fsp3) is 0.150. The van der Waals surface area contributed by atoms with Crippen LogP contribution in [-0.2, 0) is 4.79 Å². The summed E-state index contributed by atoms with van der Waals surface area (Å²) in [7, 11) is 0. The molecule has 152 valence electrons. The minimum Gasteiger partial charge on any atom is -0.403 e. The van der Waals surface area contributed by atoms with Gasteiger partial charge in [0.1, 0.15) is 17.7 Å². The molecular weight excluding hydrogens is 460 g/mol. The van der Waals surface area contributed by atoms with Crippen molar-refractivity contribution in [1.29, 1.82) is 0 Å². The summed E-state index contributed by atoms with van der Waals surface area (Å²) < 4.78 is 35.0. The van der Waals surface area contributed by atoms with Crippen LogP contribution >= 0.6 is 15.9 Å². The Morgan fingerprint density at radius 1 is 1.17 bits per heavy atom. The lowest BCUT2D eigenvalue weighted by Gasteiger charge is -2.06. The van der Waals surface area contributed by atoms with Crippen LogP contribution in [0.5, 0.6) is 0 Å². The third kappa shape index (κ3) is 3.22. The lowest BCUT2D eigenvalue weighted by Crippen LogP contribution is -2.29. The van der Waals surface area contributed by atoms with E-state index in [1.165, 1.54) is 6.07 Å². The number of aromatic amines is 1. The van der Waals surface area contributed by atoms with Gasteiger partial charge in [0, 0.05) is 22.5 Å². The second-order valence-electron chi connectivity index (χ2n) is 6.88. The van der Waals surface area contributed by atoms with Crippen molar-refractivity contribution in [2.45, 2.75) is 12.5 Å². The summed E-state index contributed by atoms with van der Waals surface area (Å²) in [5, 5.41) is 13.9. The molecule has 1 amide bonds. The average Bonchev–Trinajstić information content (AvgIpc) is 3.42. The van der Waals surface area contributed by atoms with Crippen LogP contribution in [0, 0.1) is 11.6 Å². The van der Waals surface area contributed by atoms with Crippen molar-refractivity contribution in [2.75, 3.05) is 11.9 Å². The van der Waals surface area contributed by atoms with E-state index < -0.39 is 17.7 Å². The number of nitrogens with one attached hydrogen (secondary N) is 3. The Labute approximate surface area is 177 Å². The Kier molecular flexibility index (Phi) is 4.50. The van der Waals surface area contributed by atoms with Crippen molar-refractivity contribution >= 4 is 38.8 Å². The molecule has 1 atom stereocenters. The number of rotatable bonds is 4. The molecule has 0 aliphatic carbocycles. The van der Waals surface area contributed by atoms with E-state index in [9.17, 15) is 13.6 Å². The first-order valence-corrected chi connectivity index (χ1v) is 9.93. The maximum atomic E-state index is 14.5. The summed E-state index contributed by atoms with van der Waals surface area (Å²) in [6.45, 7) is 0.562. The van der Waals surface area contributed by atoms with Gasteiger partial charge in [-0.1, -0.05) is 33.2 Å². The van der Waals surface area contributed by atoms with Crippen LogP contribution in [0.3, 0.4) is 0 Å². The molecule has 3 heterocycles. The molecular formula is C20H14BrF2N5O2. The van der Waals surface area contributed by atoms with E-state index in [-0.39, 0.29) is 28.7 Å². The van der Waals surface area contributed by atoms with E-state index in [0.717, 1.165) is 16.1 Å². The number of nitrogens with zero attached hydrogens (tertiary/aromatic N) is 2. The van der Waals surface area contributed by atoms with Gasteiger partial charge in [-0.3, -0.25) is 4.79 Å². The van der Waals surface area contributed by atoms with E-state index >= 15 is 0 Å². The zero-order valence-corrected chi connectivity index (χ0v) is 16.9. The van der Waals surface area contributed by atoms with E-state index in [1.54, 1.807) is 0 Å². The summed E-state index contributed by atoms with van der Waals surface area (Å²) in [4.78, 5) is 14.8. The number of amides is 1. The minimum atomic E-state index is -0.727. The number of halogens is 3. The smallest absolute Gasteiger partial charge is 0.316 e. The third-order valence-electron chi connectivity index (χ3n) is 4.94. The Bertz CT molecular complexity index is 1270. The number of fused-ring (bicyclic) bond motifs is 1. The van der Waals surface area contributed by atoms with Crippen molar-refractivity contribution in [2.24, 2.45) is 0 Å². The van der Waals surface area contributed by atoms with Crippen molar-refractivity contribution in [3.63, 3.8) is 0 Å². The maximum absolute atomic E-state index is 14.5. The second kappa shape index (κ2) is 7.21. The summed E-state index contributed by atoms with van der Waals surface area (Å²) in [6.07, 6.45) is 0.587. The van der Waals surface area contributed by atoms with Crippen LogP contribution < -0.4 is 10.6 Å².